The Balaban J connectivity index is 1.64. The summed E-state index contributed by atoms with van der Waals surface area (Å²) in [7, 11) is 1.67. The van der Waals surface area contributed by atoms with Gasteiger partial charge in [0.15, 0.2) is 5.60 Å². The summed E-state index contributed by atoms with van der Waals surface area (Å²) >= 11 is 0. The molecule has 0 atom stereocenters. The lowest BCUT2D eigenvalue weighted by Crippen LogP contribution is -2.42. The van der Waals surface area contributed by atoms with Gasteiger partial charge in [0.2, 0.25) is 5.91 Å². The van der Waals surface area contributed by atoms with Crippen LogP contribution in [0.15, 0.2) is 72.8 Å². The molecule has 0 fully saturated rings. The minimum Gasteiger partial charge on any atom is -0.478 e. The summed E-state index contributed by atoms with van der Waals surface area (Å²) < 4.78 is 11.0. The predicted octanol–water partition coefficient (Wildman–Crippen LogP) is 4.40. The number of rotatable bonds is 8. The van der Waals surface area contributed by atoms with E-state index < -0.39 is 11.5 Å². The van der Waals surface area contributed by atoms with Gasteiger partial charge in [-0.15, -0.1) is 0 Å². The predicted molar refractivity (Wildman–Crippen MR) is 121 cm³/mol. The van der Waals surface area contributed by atoms with Gasteiger partial charge in [-0.25, -0.2) is 0 Å². The minimum atomic E-state index is -1.12. The molecule has 0 heterocycles. The summed E-state index contributed by atoms with van der Waals surface area (Å²) in [6.45, 7) is 3.94. The van der Waals surface area contributed by atoms with Crippen molar-refractivity contribution in [1.29, 1.82) is 0 Å². The van der Waals surface area contributed by atoms with E-state index in [1.165, 1.54) is 0 Å². The molecule has 0 bridgehead atoms. The Hall–Kier alpha value is -3.64. The molecule has 2 amide bonds. The molecule has 3 aromatic carbocycles. The number of ether oxygens (including phenoxy) is 2. The van der Waals surface area contributed by atoms with Crippen molar-refractivity contribution in [3.63, 3.8) is 0 Å². The first-order valence-electron chi connectivity index (χ1n) is 9.87. The number of hydrogen-bond donors (Lipinski definition) is 2. The second-order valence-corrected chi connectivity index (χ2v) is 7.66. The Morgan fingerprint density at radius 3 is 1.94 bits per heavy atom. The molecule has 0 unspecified atom stereocenters. The average Bonchev–Trinajstić information content (AvgIpc) is 2.75. The Labute approximate surface area is 182 Å². The molecule has 0 saturated heterocycles. The van der Waals surface area contributed by atoms with Gasteiger partial charge in [0.1, 0.15) is 5.75 Å². The molecule has 0 aliphatic rings. The SMILES string of the molecule is COCc1ccc(-c2ccc(NC(=O)C(C)(C)Oc3ccc(C(N)=O)cc3)cc2)cc1. The van der Waals surface area contributed by atoms with Crippen LogP contribution in [0.5, 0.6) is 5.75 Å². The van der Waals surface area contributed by atoms with E-state index in [9.17, 15) is 9.59 Å². The first-order chi connectivity index (χ1) is 14.8. The van der Waals surface area contributed by atoms with Crippen LogP contribution in [0.3, 0.4) is 0 Å². The van der Waals surface area contributed by atoms with Crippen LogP contribution < -0.4 is 15.8 Å². The van der Waals surface area contributed by atoms with Crippen molar-refractivity contribution in [2.24, 2.45) is 5.73 Å². The van der Waals surface area contributed by atoms with Crippen LogP contribution in [0.1, 0.15) is 29.8 Å². The number of anilines is 1. The van der Waals surface area contributed by atoms with E-state index in [1.54, 1.807) is 45.2 Å². The highest BCUT2D eigenvalue weighted by atomic mass is 16.5. The van der Waals surface area contributed by atoms with Crippen molar-refractivity contribution >= 4 is 17.5 Å². The molecule has 0 aromatic heterocycles. The van der Waals surface area contributed by atoms with Gasteiger partial charge >= 0.3 is 0 Å². The van der Waals surface area contributed by atoms with Crippen molar-refractivity contribution in [1.82, 2.24) is 0 Å². The van der Waals surface area contributed by atoms with E-state index in [4.69, 9.17) is 15.2 Å². The van der Waals surface area contributed by atoms with E-state index in [1.807, 2.05) is 48.5 Å². The minimum absolute atomic E-state index is 0.289. The van der Waals surface area contributed by atoms with E-state index in [0.29, 0.717) is 23.6 Å². The van der Waals surface area contributed by atoms with Crippen LogP contribution in [-0.2, 0) is 16.1 Å². The van der Waals surface area contributed by atoms with Crippen LogP contribution in [0.25, 0.3) is 11.1 Å². The maximum absolute atomic E-state index is 12.7. The molecule has 0 radical (unpaired) electrons. The monoisotopic (exact) mass is 418 g/mol. The van der Waals surface area contributed by atoms with Crippen molar-refractivity contribution in [3.05, 3.63) is 83.9 Å². The standard InChI is InChI=1S/C25H26N2O4/c1-25(2,31-22-14-10-20(11-15-22)23(26)28)24(29)27-21-12-8-19(9-13-21)18-6-4-17(5-7-18)16-30-3/h4-15H,16H2,1-3H3,(H2,26,28)(H,27,29). The number of primary amides is 1. The van der Waals surface area contributed by atoms with Gasteiger partial charge in [-0.2, -0.15) is 0 Å². The summed E-state index contributed by atoms with van der Waals surface area (Å²) in [6, 6.07) is 22.1. The third kappa shape index (κ3) is 5.71. The number of carbonyl (C=O) groups is 2. The molecule has 0 aliphatic carbocycles. The normalized spacial score (nSPS) is 11.1. The van der Waals surface area contributed by atoms with Crippen LogP contribution in [-0.4, -0.2) is 24.5 Å². The summed E-state index contributed by atoms with van der Waals surface area (Å²) in [6.07, 6.45) is 0. The van der Waals surface area contributed by atoms with Gasteiger partial charge in [0.25, 0.3) is 5.91 Å². The molecule has 31 heavy (non-hydrogen) atoms. The van der Waals surface area contributed by atoms with Crippen LogP contribution in [0.4, 0.5) is 5.69 Å². The maximum atomic E-state index is 12.7. The van der Waals surface area contributed by atoms with Crippen molar-refractivity contribution in [3.8, 4) is 16.9 Å². The number of benzene rings is 3. The zero-order chi connectivity index (χ0) is 22.4. The zero-order valence-electron chi connectivity index (χ0n) is 17.8. The molecular weight excluding hydrogens is 392 g/mol. The van der Waals surface area contributed by atoms with Crippen molar-refractivity contribution in [2.75, 3.05) is 12.4 Å². The van der Waals surface area contributed by atoms with Crippen LogP contribution in [0, 0.1) is 0 Å². The number of hydrogen-bond acceptors (Lipinski definition) is 4. The van der Waals surface area contributed by atoms with Gasteiger partial charge in [-0.1, -0.05) is 36.4 Å². The van der Waals surface area contributed by atoms with E-state index in [-0.39, 0.29) is 5.91 Å². The Bertz CT molecular complexity index is 1040. The van der Waals surface area contributed by atoms with Crippen LogP contribution in [0.2, 0.25) is 0 Å². The number of carbonyl (C=O) groups excluding carboxylic acids is 2. The largest absolute Gasteiger partial charge is 0.478 e. The highest BCUT2D eigenvalue weighted by Crippen LogP contribution is 2.24. The maximum Gasteiger partial charge on any atom is 0.267 e. The van der Waals surface area contributed by atoms with Crippen molar-refractivity contribution in [2.45, 2.75) is 26.1 Å². The van der Waals surface area contributed by atoms with Crippen LogP contribution >= 0.6 is 0 Å². The fraction of sp³-hybridized carbons (Fsp3) is 0.200. The van der Waals surface area contributed by atoms with Gasteiger partial charge in [-0.05, 0) is 66.9 Å². The summed E-state index contributed by atoms with van der Waals surface area (Å²) in [5.41, 5.74) is 8.42. The molecule has 3 aromatic rings. The smallest absolute Gasteiger partial charge is 0.267 e. The number of nitrogens with two attached hydrogens (primary N) is 1. The fourth-order valence-corrected chi connectivity index (χ4v) is 3.02. The van der Waals surface area contributed by atoms with Gasteiger partial charge in [0.05, 0.1) is 6.61 Å². The summed E-state index contributed by atoms with van der Waals surface area (Å²) in [5.74, 6) is -0.335. The molecule has 3 rings (SSSR count). The third-order valence-electron chi connectivity index (χ3n) is 4.80. The molecular formula is C25H26N2O4. The molecule has 0 saturated carbocycles. The first kappa shape index (κ1) is 22.1. The second kappa shape index (κ2) is 9.45. The van der Waals surface area contributed by atoms with Gasteiger partial charge in [0, 0.05) is 18.4 Å². The molecule has 0 spiro atoms. The molecule has 0 aliphatic heterocycles. The zero-order valence-corrected chi connectivity index (χ0v) is 17.8. The molecule has 160 valence electrons. The highest BCUT2D eigenvalue weighted by Gasteiger charge is 2.30. The van der Waals surface area contributed by atoms with E-state index in [2.05, 4.69) is 5.32 Å². The summed E-state index contributed by atoms with van der Waals surface area (Å²) in [5, 5.41) is 2.88. The Morgan fingerprint density at radius 2 is 1.42 bits per heavy atom. The Kier molecular flexibility index (Phi) is 6.72. The lowest BCUT2D eigenvalue weighted by Gasteiger charge is -2.25. The number of nitrogens with one attached hydrogen (secondary N) is 1. The van der Waals surface area contributed by atoms with E-state index in [0.717, 1.165) is 16.7 Å². The third-order valence-corrected chi connectivity index (χ3v) is 4.80. The quantitative estimate of drug-likeness (QED) is 0.567. The average molecular weight is 418 g/mol. The van der Waals surface area contributed by atoms with Gasteiger partial charge in [-0.3, -0.25) is 9.59 Å². The number of amides is 2. The Morgan fingerprint density at radius 1 is 0.871 bits per heavy atom. The second-order valence-electron chi connectivity index (χ2n) is 7.66. The lowest BCUT2D eigenvalue weighted by atomic mass is 10.0. The molecule has 6 nitrogen and oxygen atoms in total. The first-order valence-corrected chi connectivity index (χ1v) is 9.87. The highest BCUT2D eigenvalue weighted by molar-refractivity contribution is 5.97. The van der Waals surface area contributed by atoms with E-state index >= 15 is 0 Å². The topological polar surface area (TPSA) is 90.7 Å². The summed E-state index contributed by atoms with van der Waals surface area (Å²) in [4.78, 5) is 23.9. The molecule has 3 N–H and O–H groups in total. The lowest BCUT2D eigenvalue weighted by molar-refractivity contribution is -0.128. The van der Waals surface area contributed by atoms with Gasteiger partial charge < -0.3 is 20.5 Å². The van der Waals surface area contributed by atoms with Crippen molar-refractivity contribution < 1.29 is 19.1 Å². The number of methoxy groups -OCH3 is 1. The fourth-order valence-electron chi connectivity index (χ4n) is 3.02. The molecule has 6 heteroatoms.